The summed E-state index contributed by atoms with van der Waals surface area (Å²) in [4.78, 5) is 9.60. The summed E-state index contributed by atoms with van der Waals surface area (Å²) in [6.07, 6.45) is -0.423. The summed E-state index contributed by atoms with van der Waals surface area (Å²) in [5.74, 6) is -0.935. The molecule has 17 heavy (non-hydrogen) atoms. The SMILES string of the molecule is C=C(C)C(=O)O.CC(O)COCCOCCO. The largest absolute Gasteiger partial charge is 0.478 e. The van der Waals surface area contributed by atoms with E-state index in [1.165, 1.54) is 6.92 Å². The van der Waals surface area contributed by atoms with Crippen molar-refractivity contribution in [2.24, 2.45) is 0 Å². The standard InChI is InChI=1S/C7H16O4.C4H6O2/c1-7(9)6-11-5-4-10-3-2-8;1-3(2)4(5)6/h7-9H,2-6H2,1H3;1H2,2H3,(H,5,6). The molecule has 3 N–H and O–H groups in total. The third-order valence-corrected chi connectivity index (χ3v) is 1.33. The average molecular weight is 250 g/mol. The Kier molecular flexibility index (Phi) is 14.2. The van der Waals surface area contributed by atoms with Crippen molar-refractivity contribution in [2.45, 2.75) is 20.0 Å². The van der Waals surface area contributed by atoms with E-state index < -0.39 is 12.1 Å². The third-order valence-electron chi connectivity index (χ3n) is 1.33. The van der Waals surface area contributed by atoms with Gasteiger partial charge in [-0.1, -0.05) is 6.58 Å². The van der Waals surface area contributed by atoms with Crippen LogP contribution >= 0.6 is 0 Å². The molecule has 0 aliphatic carbocycles. The summed E-state index contributed by atoms with van der Waals surface area (Å²) in [5.41, 5.74) is 0.176. The van der Waals surface area contributed by atoms with Gasteiger partial charge in [0.1, 0.15) is 0 Å². The molecule has 0 saturated carbocycles. The second-order valence-electron chi connectivity index (χ2n) is 3.35. The maximum atomic E-state index is 9.60. The number of carboxylic acids is 1. The van der Waals surface area contributed by atoms with Crippen LogP contribution in [0.2, 0.25) is 0 Å². The molecule has 0 rings (SSSR count). The molecule has 1 atom stereocenters. The molecular formula is C11H22O6. The number of ether oxygens (including phenoxy) is 2. The normalized spacial score (nSPS) is 11.3. The van der Waals surface area contributed by atoms with Crippen LogP contribution in [0.25, 0.3) is 0 Å². The quantitative estimate of drug-likeness (QED) is 0.416. The van der Waals surface area contributed by atoms with Crippen molar-refractivity contribution >= 4 is 5.97 Å². The van der Waals surface area contributed by atoms with Crippen LogP contribution in [0.4, 0.5) is 0 Å². The molecule has 0 spiro atoms. The fraction of sp³-hybridized carbons (Fsp3) is 0.727. The first kappa shape index (κ1) is 18.4. The molecular weight excluding hydrogens is 228 g/mol. The van der Waals surface area contributed by atoms with E-state index in [4.69, 9.17) is 24.8 Å². The number of carbonyl (C=O) groups is 1. The van der Waals surface area contributed by atoms with Crippen molar-refractivity contribution in [3.63, 3.8) is 0 Å². The molecule has 0 amide bonds. The maximum Gasteiger partial charge on any atom is 0.330 e. The van der Waals surface area contributed by atoms with Gasteiger partial charge in [-0.25, -0.2) is 4.79 Å². The van der Waals surface area contributed by atoms with Crippen molar-refractivity contribution in [3.05, 3.63) is 12.2 Å². The van der Waals surface area contributed by atoms with E-state index in [9.17, 15) is 4.79 Å². The fourth-order valence-electron chi connectivity index (χ4n) is 0.538. The molecule has 0 saturated heterocycles. The molecule has 6 nitrogen and oxygen atoms in total. The summed E-state index contributed by atoms with van der Waals surface area (Å²) in [5, 5.41) is 24.9. The zero-order valence-corrected chi connectivity index (χ0v) is 10.4. The van der Waals surface area contributed by atoms with Gasteiger partial charge in [0.25, 0.3) is 0 Å². The zero-order valence-electron chi connectivity index (χ0n) is 10.4. The van der Waals surface area contributed by atoms with Crippen molar-refractivity contribution in [2.75, 3.05) is 33.0 Å². The first-order chi connectivity index (χ1) is 7.91. The van der Waals surface area contributed by atoms with Gasteiger partial charge in [0.05, 0.1) is 39.1 Å². The van der Waals surface area contributed by atoms with Gasteiger partial charge in [0.15, 0.2) is 0 Å². The van der Waals surface area contributed by atoms with Crippen LogP contribution in [0, 0.1) is 0 Å². The number of hydrogen-bond acceptors (Lipinski definition) is 5. The van der Waals surface area contributed by atoms with E-state index in [0.717, 1.165) is 0 Å². The van der Waals surface area contributed by atoms with Gasteiger partial charge in [-0.05, 0) is 13.8 Å². The number of rotatable bonds is 8. The highest BCUT2D eigenvalue weighted by molar-refractivity contribution is 5.84. The van der Waals surface area contributed by atoms with Gasteiger partial charge < -0.3 is 24.8 Å². The molecule has 0 aromatic heterocycles. The average Bonchev–Trinajstić information content (AvgIpc) is 2.23. The minimum Gasteiger partial charge on any atom is -0.478 e. The highest BCUT2D eigenvalue weighted by Crippen LogP contribution is 1.83. The fourth-order valence-corrected chi connectivity index (χ4v) is 0.538. The van der Waals surface area contributed by atoms with Gasteiger partial charge in [-0.2, -0.15) is 0 Å². The number of aliphatic carboxylic acids is 1. The summed E-state index contributed by atoms with van der Waals surface area (Å²) in [6, 6.07) is 0. The second kappa shape index (κ2) is 13.1. The van der Waals surface area contributed by atoms with Gasteiger partial charge in [-0.3, -0.25) is 0 Å². The summed E-state index contributed by atoms with van der Waals surface area (Å²) >= 11 is 0. The molecule has 0 aromatic carbocycles. The highest BCUT2D eigenvalue weighted by atomic mass is 16.5. The minimum absolute atomic E-state index is 0.0381. The number of aliphatic hydroxyl groups is 2. The number of carboxylic acid groups (broad SMARTS) is 1. The third kappa shape index (κ3) is 21.0. The van der Waals surface area contributed by atoms with E-state index in [1.54, 1.807) is 6.92 Å². The Bertz CT molecular complexity index is 190. The Morgan fingerprint density at radius 3 is 2.12 bits per heavy atom. The molecule has 1 unspecified atom stereocenters. The Morgan fingerprint density at radius 1 is 1.29 bits per heavy atom. The molecule has 0 fully saturated rings. The molecule has 102 valence electrons. The molecule has 0 bridgehead atoms. The molecule has 0 radical (unpaired) electrons. The van der Waals surface area contributed by atoms with Gasteiger partial charge in [-0.15, -0.1) is 0 Å². The second-order valence-corrected chi connectivity index (χ2v) is 3.35. The van der Waals surface area contributed by atoms with E-state index in [-0.39, 0.29) is 12.2 Å². The number of aliphatic hydroxyl groups excluding tert-OH is 2. The molecule has 6 heteroatoms. The molecule has 0 aliphatic heterocycles. The minimum atomic E-state index is -0.935. The lowest BCUT2D eigenvalue weighted by molar-refractivity contribution is -0.132. The number of hydrogen-bond donors (Lipinski definition) is 3. The Labute approximate surface area is 101 Å². The van der Waals surface area contributed by atoms with Gasteiger partial charge in [0, 0.05) is 5.57 Å². The van der Waals surface area contributed by atoms with Gasteiger partial charge >= 0.3 is 5.97 Å². The van der Waals surface area contributed by atoms with Crippen LogP contribution < -0.4 is 0 Å². The topological polar surface area (TPSA) is 96.2 Å². The predicted octanol–water partition coefficient (Wildman–Crippen LogP) is 0.0398. The van der Waals surface area contributed by atoms with Crippen LogP contribution in [-0.4, -0.2) is 60.4 Å². The van der Waals surface area contributed by atoms with Crippen LogP contribution in [0.1, 0.15) is 13.8 Å². The van der Waals surface area contributed by atoms with Crippen LogP contribution in [0.15, 0.2) is 12.2 Å². The summed E-state index contributed by atoms with van der Waals surface area (Å²) in [6.45, 7) is 7.91. The Balaban J connectivity index is 0. The maximum absolute atomic E-state index is 9.60. The van der Waals surface area contributed by atoms with E-state index in [1.807, 2.05) is 0 Å². The Hall–Kier alpha value is -0.950. The monoisotopic (exact) mass is 250 g/mol. The van der Waals surface area contributed by atoms with Crippen molar-refractivity contribution in [3.8, 4) is 0 Å². The van der Waals surface area contributed by atoms with E-state index >= 15 is 0 Å². The molecule has 0 aliphatic rings. The molecule has 0 heterocycles. The molecule has 0 aromatic rings. The van der Waals surface area contributed by atoms with Crippen molar-refractivity contribution < 1.29 is 29.6 Å². The van der Waals surface area contributed by atoms with E-state index in [0.29, 0.717) is 26.4 Å². The van der Waals surface area contributed by atoms with Crippen molar-refractivity contribution in [1.29, 1.82) is 0 Å². The zero-order chi connectivity index (χ0) is 13.7. The van der Waals surface area contributed by atoms with Crippen LogP contribution in [0.5, 0.6) is 0 Å². The smallest absolute Gasteiger partial charge is 0.330 e. The van der Waals surface area contributed by atoms with Gasteiger partial charge in [0.2, 0.25) is 0 Å². The highest BCUT2D eigenvalue weighted by Gasteiger charge is 1.94. The first-order valence-electron chi connectivity index (χ1n) is 5.25. The van der Waals surface area contributed by atoms with Crippen molar-refractivity contribution in [1.82, 2.24) is 0 Å². The lowest BCUT2D eigenvalue weighted by Crippen LogP contribution is -2.14. The van der Waals surface area contributed by atoms with Crippen LogP contribution in [0.3, 0.4) is 0 Å². The van der Waals surface area contributed by atoms with Crippen LogP contribution in [-0.2, 0) is 14.3 Å². The lowest BCUT2D eigenvalue weighted by Gasteiger charge is -2.05. The Morgan fingerprint density at radius 2 is 1.76 bits per heavy atom. The first-order valence-corrected chi connectivity index (χ1v) is 5.25. The summed E-state index contributed by atoms with van der Waals surface area (Å²) < 4.78 is 9.89. The van der Waals surface area contributed by atoms with E-state index in [2.05, 4.69) is 6.58 Å². The predicted molar refractivity (Wildman–Crippen MR) is 62.9 cm³/mol. The lowest BCUT2D eigenvalue weighted by atomic mass is 10.4. The summed E-state index contributed by atoms with van der Waals surface area (Å²) in [7, 11) is 0.